The van der Waals surface area contributed by atoms with E-state index in [2.05, 4.69) is 144 Å². The predicted octanol–water partition coefficient (Wildman–Crippen LogP) is 10.4. The summed E-state index contributed by atoms with van der Waals surface area (Å²) < 4.78 is 2.41. The van der Waals surface area contributed by atoms with E-state index in [1.165, 1.54) is 27.2 Å². The molecule has 0 saturated carbocycles. The van der Waals surface area contributed by atoms with Crippen molar-refractivity contribution >= 4 is 54.4 Å². The summed E-state index contributed by atoms with van der Waals surface area (Å²) in [5.74, 6) is 0. The van der Waals surface area contributed by atoms with Crippen LogP contribution in [0.25, 0.3) is 82.6 Å². The number of nitrogens with zero attached hydrogens (tertiary/aromatic N) is 3. The number of fused-ring (bicyclic) bond motifs is 8. The van der Waals surface area contributed by atoms with Crippen LogP contribution < -0.4 is 0 Å². The molecule has 0 spiro atoms. The minimum atomic E-state index is 0.968. The first-order valence-electron chi connectivity index (χ1n) is 14.6. The number of hydrogen-bond acceptors (Lipinski definition) is 2. The molecule has 3 aromatic heterocycles. The third kappa shape index (κ3) is 3.68. The molecule has 0 saturated heterocycles. The highest BCUT2D eigenvalue weighted by Gasteiger charge is 2.19. The van der Waals surface area contributed by atoms with E-state index in [0.29, 0.717) is 0 Å². The van der Waals surface area contributed by atoms with Gasteiger partial charge in [-0.1, -0.05) is 115 Å². The topological polar surface area (TPSA) is 30.7 Å². The van der Waals surface area contributed by atoms with E-state index < -0.39 is 0 Å². The monoisotopic (exact) mass is 547 g/mol. The summed E-state index contributed by atoms with van der Waals surface area (Å²) in [5, 5.41) is 7.16. The van der Waals surface area contributed by atoms with Gasteiger partial charge in [0.2, 0.25) is 0 Å². The third-order valence-electron chi connectivity index (χ3n) is 8.56. The smallest absolute Gasteiger partial charge is 0.0788 e. The van der Waals surface area contributed by atoms with Gasteiger partial charge in [0, 0.05) is 49.1 Å². The lowest BCUT2D eigenvalue weighted by atomic mass is 9.96. The highest BCUT2D eigenvalue weighted by Crippen LogP contribution is 2.42. The van der Waals surface area contributed by atoms with Crippen molar-refractivity contribution in [3.63, 3.8) is 0 Å². The normalized spacial score (nSPS) is 11.7. The van der Waals surface area contributed by atoms with Gasteiger partial charge < -0.3 is 4.57 Å². The molecule has 200 valence electrons. The highest BCUT2D eigenvalue weighted by atomic mass is 15.0. The second kappa shape index (κ2) is 9.37. The maximum atomic E-state index is 5.26. The fraction of sp³-hybridized carbons (Fsp3) is 0. The number of para-hydroxylation sites is 4. The molecular weight excluding hydrogens is 522 g/mol. The van der Waals surface area contributed by atoms with Crippen molar-refractivity contribution in [2.75, 3.05) is 0 Å². The number of aromatic nitrogens is 3. The Morgan fingerprint density at radius 3 is 1.95 bits per heavy atom. The summed E-state index contributed by atoms with van der Waals surface area (Å²) >= 11 is 0. The molecule has 0 bridgehead atoms. The van der Waals surface area contributed by atoms with Crippen LogP contribution >= 0.6 is 0 Å². The molecule has 0 aliphatic rings. The van der Waals surface area contributed by atoms with Crippen molar-refractivity contribution in [2.45, 2.75) is 0 Å². The molecule has 43 heavy (non-hydrogen) atoms. The van der Waals surface area contributed by atoms with Gasteiger partial charge in [-0.25, -0.2) is 9.97 Å². The molecule has 6 aromatic carbocycles. The fourth-order valence-corrected chi connectivity index (χ4v) is 6.58. The number of hydrogen-bond donors (Lipinski definition) is 0. The Labute approximate surface area is 248 Å². The van der Waals surface area contributed by atoms with Gasteiger partial charge in [0.05, 0.1) is 33.5 Å². The zero-order valence-corrected chi connectivity index (χ0v) is 23.3. The standard InChI is InChI=1S/C40H25N3/c1-2-11-29(12-3-1)43-37-17-9-6-13-30(37)31-23-24-33-38(40(31)43)32-14-5-8-16-36(32)42-39(33)28-20-18-27(19-21-28)35-25-22-26-10-4-7-15-34(26)41-35/h1-25H. The summed E-state index contributed by atoms with van der Waals surface area (Å²) in [6, 6.07) is 53.6. The van der Waals surface area contributed by atoms with Crippen LogP contribution in [0.5, 0.6) is 0 Å². The molecule has 3 heteroatoms. The maximum Gasteiger partial charge on any atom is 0.0788 e. The first kappa shape index (κ1) is 23.9. The molecule has 0 aliphatic heterocycles. The summed E-state index contributed by atoms with van der Waals surface area (Å²) in [5.41, 5.74) is 9.68. The van der Waals surface area contributed by atoms with Crippen LogP contribution in [-0.4, -0.2) is 14.5 Å². The van der Waals surface area contributed by atoms with Crippen LogP contribution in [-0.2, 0) is 0 Å². The summed E-state index contributed by atoms with van der Waals surface area (Å²) in [6.45, 7) is 0. The molecule has 9 aromatic rings. The van der Waals surface area contributed by atoms with E-state index in [-0.39, 0.29) is 0 Å². The first-order valence-corrected chi connectivity index (χ1v) is 14.6. The van der Waals surface area contributed by atoms with Crippen molar-refractivity contribution in [1.29, 1.82) is 0 Å². The first-order chi connectivity index (χ1) is 21.3. The van der Waals surface area contributed by atoms with Crippen molar-refractivity contribution in [3.05, 3.63) is 152 Å². The van der Waals surface area contributed by atoms with Crippen LogP contribution in [0.15, 0.2) is 152 Å². The van der Waals surface area contributed by atoms with Crippen LogP contribution in [0.1, 0.15) is 0 Å². The summed E-state index contributed by atoms with van der Waals surface area (Å²) in [4.78, 5) is 10.2. The van der Waals surface area contributed by atoms with Gasteiger partial charge >= 0.3 is 0 Å². The quantitative estimate of drug-likeness (QED) is 0.206. The van der Waals surface area contributed by atoms with Crippen molar-refractivity contribution in [1.82, 2.24) is 14.5 Å². The molecule has 0 radical (unpaired) electrons. The van der Waals surface area contributed by atoms with E-state index in [4.69, 9.17) is 9.97 Å². The van der Waals surface area contributed by atoms with Gasteiger partial charge in [-0.3, -0.25) is 0 Å². The number of benzene rings is 6. The molecule has 0 unspecified atom stereocenters. The van der Waals surface area contributed by atoms with E-state index in [0.717, 1.165) is 55.4 Å². The second-order valence-corrected chi connectivity index (χ2v) is 11.0. The summed E-state index contributed by atoms with van der Waals surface area (Å²) in [6.07, 6.45) is 0. The number of pyridine rings is 2. The Hall–Kier alpha value is -5.80. The Morgan fingerprint density at radius 1 is 0.419 bits per heavy atom. The van der Waals surface area contributed by atoms with Crippen LogP contribution in [0.4, 0.5) is 0 Å². The van der Waals surface area contributed by atoms with Gasteiger partial charge in [-0.05, 0) is 36.4 Å². The lowest BCUT2D eigenvalue weighted by molar-refractivity contribution is 1.19. The minimum Gasteiger partial charge on any atom is -0.309 e. The Bertz CT molecular complexity index is 2490. The van der Waals surface area contributed by atoms with E-state index >= 15 is 0 Å². The Kier molecular flexibility index (Phi) is 5.20. The number of rotatable bonds is 3. The Balaban J connectivity index is 1.32. The van der Waals surface area contributed by atoms with E-state index in [1.54, 1.807) is 0 Å². The van der Waals surface area contributed by atoms with Crippen molar-refractivity contribution in [3.8, 4) is 28.2 Å². The van der Waals surface area contributed by atoms with E-state index in [9.17, 15) is 0 Å². The molecule has 0 N–H and O–H groups in total. The Morgan fingerprint density at radius 2 is 1.09 bits per heavy atom. The molecule has 0 fully saturated rings. The molecule has 9 rings (SSSR count). The molecule has 0 amide bonds. The molecule has 0 atom stereocenters. The summed E-state index contributed by atoms with van der Waals surface area (Å²) in [7, 11) is 0. The third-order valence-corrected chi connectivity index (χ3v) is 8.56. The van der Waals surface area contributed by atoms with E-state index in [1.807, 2.05) is 12.1 Å². The van der Waals surface area contributed by atoms with Gasteiger partial charge in [0.1, 0.15) is 0 Å². The minimum absolute atomic E-state index is 0.968. The van der Waals surface area contributed by atoms with Gasteiger partial charge in [-0.15, -0.1) is 0 Å². The zero-order valence-electron chi connectivity index (χ0n) is 23.3. The predicted molar refractivity (Wildman–Crippen MR) is 180 cm³/mol. The van der Waals surface area contributed by atoms with Crippen molar-refractivity contribution < 1.29 is 0 Å². The fourth-order valence-electron chi connectivity index (χ4n) is 6.58. The molecule has 3 nitrogen and oxygen atoms in total. The van der Waals surface area contributed by atoms with Gasteiger partial charge in [0.15, 0.2) is 0 Å². The van der Waals surface area contributed by atoms with Crippen LogP contribution in [0, 0.1) is 0 Å². The van der Waals surface area contributed by atoms with Crippen LogP contribution in [0.2, 0.25) is 0 Å². The lowest BCUT2D eigenvalue weighted by Crippen LogP contribution is -1.96. The highest BCUT2D eigenvalue weighted by molar-refractivity contribution is 6.26. The molecular formula is C40H25N3. The average molecular weight is 548 g/mol. The lowest BCUT2D eigenvalue weighted by Gasteiger charge is -2.14. The van der Waals surface area contributed by atoms with Crippen LogP contribution in [0.3, 0.4) is 0 Å². The SMILES string of the molecule is c1ccc(-n2c3ccccc3c3ccc4c(-c5ccc(-c6ccc7ccccc7n6)cc5)nc5ccccc5c4c32)cc1. The average Bonchev–Trinajstić information content (AvgIpc) is 3.43. The van der Waals surface area contributed by atoms with Gasteiger partial charge in [-0.2, -0.15) is 0 Å². The van der Waals surface area contributed by atoms with Gasteiger partial charge in [0.25, 0.3) is 0 Å². The zero-order chi connectivity index (χ0) is 28.3. The van der Waals surface area contributed by atoms with Crippen molar-refractivity contribution in [2.24, 2.45) is 0 Å². The molecule has 0 aliphatic carbocycles. The second-order valence-electron chi connectivity index (χ2n) is 11.0. The molecule has 3 heterocycles. The maximum absolute atomic E-state index is 5.26. The largest absolute Gasteiger partial charge is 0.309 e.